The number of hydrogen-bond donors (Lipinski definition) is 2. The SMILES string of the molecule is N=C(c1ccccc1)c1ccccc1.c1ccc(C(=NC2CCCC2)c2ccccc2)cc1.c1ccc(C(=NC2CCNC2)c2ccccc2)cc1. The average Bonchev–Trinajstić information content (AvgIpc) is 3.97. The molecular weight excluding hydrogens is 633 g/mol. The van der Waals surface area contributed by atoms with Crippen molar-refractivity contribution in [2.45, 2.75) is 44.2 Å². The van der Waals surface area contributed by atoms with Crippen molar-refractivity contribution in [3.8, 4) is 0 Å². The highest BCUT2D eigenvalue weighted by Crippen LogP contribution is 2.23. The van der Waals surface area contributed by atoms with Gasteiger partial charge in [-0.15, -0.1) is 0 Å². The molecule has 4 heteroatoms. The van der Waals surface area contributed by atoms with E-state index < -0.39 is 0 Å². The highest BCUT2D eigenvalue weighted by atomic mass is 15.0. The lowest BCUT2D eigenvalue weighted by atomic mass is 10.0. The summed E-state index contributed by atoms with van der Waals surface area (Å²) in [6.45, 7) is 2.06. The Morgan fingerprint density at radius 1 is 0.404 bits per heavy atom. The third-order valence-electron chi connectivity index (χ3n) is 9.30. The molecule has 2 fully saturated rings. The van der Waals surface area contributed by atoms with Gasteiger partial charge < -0.3 is 5.32 Å². The van der Waals surface area contributed by atoms with E-state index in [1.807, 2.05) is 72.8 Å². The van der Waals surface area contributed by atoms with E-state index in [2.05, 4.69) is 115 Å². The van der Waals surface area contributed by atoms with Gasteiger partial charge in [-0.05, 0) is 36.9 Å². The van der Waals surface area contributed by atoms with Gasteiger partial charge in [0.15, 0.2) is 0 Å². The molecule has 2 N–H and O–H groups in total. The van der Waals surface area contributed by atoms with Crippen LogP contribution in [-0.4, -0.2) is 42.3 Å². The number of hydrogen-bond acceptors (Lipinski definition) is 4. The fourth-order valence-corrected chi connectivity index (χ4v) is 6.54. The molecule has 0 amide bonds. The van der Waals surface area contributed by atoms with Crippen molar-refractivity contribution in [3.05, 3.63) is 215 Å². The Morgan fingerprint density at radius 3 is 1.02 bits per heavy atom. The minimum atomic E-state index is 0.399. The average molecular weight is 681 g/mol. The van der Waals surface area contributed by atoms with Gasteiger partial charge >= 0.3 is 0 Å². The highest BCUT2D eigenvalue weighted by Gasteiger charge is 2.17. The summed E-state index contributed by atoms with van der Waals surface area (Å²) in [5, 5.41) is 11.3. The van der Waals surface area contributed by atoms with Crippen LogP contribution in [0.5, 0.6) is 0 Å². The quantitative estimate of drug-likeness (QED) is 0.154. The Bertz CT molecular complexity index is 1730. The summed E-state index contributed by atoms with van der Waals surface area (Å²) in [6, 6.07) is 62.4. The number of aliphatic imine (C=N–C) groups is 2. The lowest BCUT2D eigenvalue weighted by molar-refractivity contribution is 0.707. The first-order chi connectivity index (χ1) is 25.7. The van der Waals surface area contributed by atoms with E-state index in [0.29, 0.717) is 17.8 Å². The maximum absolute atomic E-state index is 7.97. The second-order valence-corrected chi connectivity index (χ2v) is 13.1. The molecule has 1 unspecified atom stereocenters. The summed E-state index contributed by atoms with van der Waals surface area (Å²) >= 11 is 0. The predicted molar refractivity (Wildman–Crippen MR) is 219 cm³/mol. The lowest BCUT2D eigenvalue weighted by Gasteiger charge is -2.11. The van der Waals surface area contributed by atoms with Crippen LogP contribution in [0.2, 0.25) is 0 Å². The van der Waals surface area contributed by atoms with Crippen molar-refractivity contribution < 1.29 is 0 Å². The van der Waals surface area contributed by atoms with Gasteiger partial charge in [-0.1, -0.05) is 195 Å². The van der Waals surface area contributed by atoms with Crippen molar-refractivity contribution in [2.24, 2.45) is 9.98 Å². The van der Waals surface area contributed by atoms with Gasteiger partial charge in [-0.2, -0.15) is 0 Å². The fraction of sp³-hybridized carbons (Fsp3) is 0.188. The summed E-state index contributed by atoms with van der Waals surface area (Å²) in [4.78, 5) is 10.0. The van der Waals surface area contributed by atoms with Crippen LogP contribution >= 0.6 is 0 Å². The van der Waals surface area contributed by atoms with Gasteiger partial charge in [-0.3, -0.25) is 15.4 Å². The Morgan fingerprint density at radius 2 is 0.712 bits per heavy atom. The molecule has 0 spiro atoms. The van der Waals surface area contributed by atoms with Crippen LogP contribution in [0.15, 0.2) is 192 Å². The highest BCUT2D eigenvalue weighted by molar-refractivity contribution is 6.13. The first kappa shape index (κ1) is 36.1. The van der Waals surface area contributed by atoms with Crippen LogP contribution in [0, 0.1) is 5.41 Å². The van der Waals surface area contributed by atoms with Gasteiger partial charge in [-0.25, -0.2) is 0 Å². The number of nitrogens with one attached hydrogen (secondary N) is 2. The molecule has 1 aliphatic heterocycles. The minimum Gasteiger partial charge on any atom is -0.315 e. The van der Waals surface area contributed by atoms with E-state index in [4.69, 9.17) is 15.4 Å². The third kappa shape index (κ3) is 10.6. The maximum atomic E-state index is 7.97. The molecule has 0 radical (unpaired) electrons. The molecule has 0 aromatic heterocycles. The summed E-state index contributed by atoms with van der Waals surface area (Å²) < 4.78 is 0. The van der Waals surface area contributed by atoms with Gasteiger partial charge in [0, 0.05) is 28.8 Å². The van der Waals surface area contributed by atoms with Crippen molar-refractivity contribution in [2.75, 3.05) is 13.1 Å². The third-order valence-corrected chi connectivity index (χ3v) is 9.30. The Hall–Kier alpha value is -5.71. The van der Waals surface area contributed by atoms with Crippen LogP contribution in [0.25, 0.3) is 0 Å². The first-order valence-corrected chi connectivity index (χ1v) is 18.5. The Balaban J connectivity index is 0.000000136. The molecule has 0 bridgehead atoms. The molecule has 1 atom stereocenters. The number of benzene rings is 6. The van der Waals surface area contributed by atoms with Crippen LogP contribution in [0.1, 0.15) is 65.5 Å². The lowest BCUT2D eigenvalue weighted by Crippen LogP contribution is -2.14. The monoisotopic (exact) mass is 680 g/mol. The largest absolute Gasteiger partial charge is 0.315 e. The zero-order valence-electron chi connectivity index (χ0n) is 29.8. The van der Waals surface area contributed by atoms with Crippen LogP contribution in [-0.2, 0) is 0 Å². The summed E-state index contributed by atoms with van der Waals surface area (Å²) in [6.07, 6.45) is 6.26. The summed E-state index contributed by atoms with van der Waals surface area (Å²) in [5.74, 6) is 0. The predicted octanol–water partition coefficient (Wildman–Crippen LogP) is 10.5. The zero-order chi connectivity index (χ0) is 35.6. The second-order valence-electron chi connectivity index (χ2n) is 13.1. The van der Waals surface area contributed by atoms with E-state index in [9.17, 15) is 0 Å². The molecule has 1 heterocycles. The Kier molecular flexibility index (Phi) is 13.6. The van der Waals surface area contributed by atoms with Crippen molar-refractivity contribution in [1.29, 1.82) is 5.41 Å². The molecule has 4 nitrogen and oxygen atoms in total. The molecule has 6 aromatic rings. The molecule has 260 valence electrons. The first-order valence-electron chi connectivity index (χ1n) is 18.5. The molecule has 2 aliphatic rings. The number of rotatable bonds is 8. The maximum Gasteiger partial charge on any atom is 0.0722 e. The summed E-state index contributed by atoms with van der Waals surface area (Å²) in [7, 11) is 0. The standard InChI is InChI=1S/C18H19N.C17H18N2.C13H11N/c1-3-9-15(10-4-1)18(16-11-5-2-6-12-16)19-17-13-7-8-14-17;1-3-7-14(8-4-1)17(15-9-5-2-6-10-15)19-16-11-12-18-13-16;14-13(11-7-3-1-4-8-11)12-9-5-2-6-10-12/h1-6,9-12,17H,7-8,13-14H2;1-10,16,18H,11-13H2;1-10,14H. The van der Waals surface area contributed by atoms with E-state index >= 15 is 0 Å². The van der Waals surface area contributed by atoms with Gasteiger partial charge in [0.05, 0.1) is 29.2 Å². The van der Waals surface area contributed by atoms with Crippen molar-refractivity contribution in [3.63, 3.8) is 0 Å². The van der Waals surface area contributed by atoms with Gasteiger partial charge in [0.1, 0.15) is 0 Å². The zero-order valence-corrected chi connectivity index (χ0v) is 29.8. The minimum absolute atomic E-state index is 0.399. The molecular formula is C48H48N4. The van der Waals surface area contributed by atoms with E-state index in [1.165, 1.54) is 47.9 Å². The van der Waals surface area contributed by atoms with E-state index in [1.54, 1.807) is 0 Å². The van der Waals surface area contributed by atoms with Crippen molar-refractivity contribution >= 4 is 17.1 Å². The van der Waals surface area contributed by atoms with Crippen LogP contribution in [0.3, 0.4) is 0 Å². The number of nitrogens with zero attached hydrogens (tertiary/aromatic N) is 2. The summed E-state index contributed by atoms with van der Waals surface area (Å²) in [5.41, 5.74) is 9.58. The molecule has 1 saturated heterocycles. The smallest absolute Gasteiger partial charge is 0.0722 e. The molecule has 1 aliphatic carbocycles. The normalized spacial score (nSPS) is 14.9. The van der Waals surface area contributed by atoms with E-state index in [-0.39, 0.29) is 0 Å². The topological polar surface area (TPSA) is 60.6 Å². The van der Waals surface area contributed by atoms with Crippen LogP contribution < -0.4 is 5.32 Å². The van der Waals surface area contributed by atoms with Crippen LogP contribution in [0.4, 0.5) is 0 Å². The fourth-order valence-electron chi connectivity index (χ4n) is 6.54. The van der Waals surface area contributed by atoms with Gasteiger partial charge in [0.2, 0.25) is 0 Å². The van der Waals surface area contributed by atoms with Gasteiger partial charge in [0.25, 0.3) is 0 Å². The van der Waals surface area contributed by atoms with Crippen molar-refractivity contribution in [1.82, 2.24) is 5.32 Å². The molecule has 6 aromatic carbocycles. The van der Waals surface area contributed by atoms with E-state index in [0.717, 1.165) is 42.1 Å². The second kappa shape index (κ2) is 19.6. The molecule has 8 rings (SSSR count). The molecule has 52 heavy (non-hydrogen) atoms. The molecule has 1 saturated carbocycles. The Labute approximate surface area is 309 Å².